The molecule has 4 rings (SSSR count). The average molecular weight is 416 g/mol. The Hall–Kier alpha value is -4.00. The van der Waals surface area contributed by atoms with Crippen molar-refractivity contribution in [3.05, 3.63) is 66.9 Å². The first kappa shape index (κ1) is 20.3. The van der Waals surface area contributed by atoms with Gasteiger partial charge in [0, 0.05) is 31.5 Å². The molecule has 0 unspecified atom stereocenters. The molecule has 0 bridgehead atoms. The second-order valence-electron chi connectivity index (χ2n) is 7.17. The van der Waals surface area contributed by atoms with Crippen LogP contribution in [0.25, 0.3) is 16.9 Å². The Morgan fingerprint density at radius 1 is 0.903 bits per heavy atom. The maximum Gasteiger partial charge on any atom is 0.219 e. The topological polar surface area (TPSA) is 59.3 Å². The van der Waals surface area contributed by atoms with Crippen molar-refractivity contribution in [1.82, 2.24) is 9.38 Å². The number of pyridine rings is 1. The molecule has 0 radical (unpaired) electrons. The van der Waals surface area contributed by atoms with Gasteiger partial charge in [-0.05, 0) is 54.6 Å². The van der Waals surface area contributed by atoms with Crippen molar-refractivity contribution in [2.24, 2.45) is 0 Å². The molecule has 31 heavy (non-hydrogen) atoms. The molecule has 0 atom stereocenters. The standard InChI is InChI=1S/C24H24N4O3/c1-26(2)18-9-11-19(12-10-18)28(16-29)24-23(25-22-7-5-6-14-27(22)24)17-8-13-20(30-3)21(15-17)31-4/h5-16H,1-4H3. The minimum Gasteiger partial charge on any atom is -0.493 e. The van der Waals surface area contributed by atoms with Gasteiger partial charge in [0.25, 0.3) is 0 Å². The van der Waals surface area contributed by atoms with Crippen molar-refractivity contribution >= 4 is 29.2 Å². The number of carbonyl (C=O) groups is 1. The molecule has 2 aromatic carbocycles. The fraction of sp³-hybridized carbons (Fsp3) is 0.167. The van der Waals surface area contributed by atoms with Crippen LogP contribution in [0.2, 0.25) is 0 Å². The highest BCUT2D eigenvalue weighted by atomic mass is 16.5. The average Bonchev–Trinajstić information content (AvgIpc) is 3.19. The van der Waals surface area contributed by atoms with Crippen molar-refractivity contribution in [1.29, 1.82) is 0 Å². The van der Waals surface area contributed by atoms with Crippen molar-refractivity contribution in [3.8, 4) is 22.8 Å². The summed E-state index contributed by atoms with van der Waals surface area (Å²) in [5.41, 5.74) is 4.00. The number of nitrogens with zero attached hydrogens (tertiary/aromatic N) is 4. The molecule has 0 aliphatic rings. The SMILES string of the molecule is COc1ccc(-c2nc3ccccn3c2N(C=O)c2ccc(N(C)C)cc2)cc1OC. The first-order valence-electron chi connectivity index (χ1n) is 9.78. The third-order valence-electron chi connectivity index (χ3n) is 5.14. The summed E-state index contributed by atoms with van der Waals surface area (Å²) in [5.74, 6) is 1.87. The van der Waals surface area contributed by atoms with Gasteiger partial charge in [-0.15, -0.1) is 0 Å². The molecule has 2 aromatic heterocycles. The summed E-state index contributed by atoms with van der Waals surface area (Å²) in [6, 6.07) is 19.1. The number of anilines is 3. The number of methoxy groups -OCH3 is 2. The fourth-order valence-electron chi connectivity index (χ4n) is 3.53. The first-order chi connectivity index (χ1) is 15.1. The summed E-state index contributed by atoms with van der Waals surface area (Å²) in [7, 11) is 7.15. The van der Waals surface area contributed by atoms with Gasteiger partial charge in [-0.1, -0.05) is 6.07 Å². The maximum atomic E-state index is 12.3. The Morgan fingerprint density at radius 2 is 1.61 bits per heavy atom. The first-order valence-corrected chi connectivity index (χ1v) is 9.78. The summed E-state index contributed by atoms with van der Waals surface area (Å²) in [5, 5.41) is 0. The molecule has 0 aliphatic heterocycles. The Kier molecular flexibility index (Phi) is 5.49. The van der Waals surface area contributed by atoms with E-state index >= 15 is 0 Å². The molecule has 0 spiro atoms. The summed E-state index contributed by atoms with van der Waals surface area (Å²) in [6.07, 6.45) is 2.71. The summed E-state index contributed by atoms with van der Waals surface area (Å²) >= 11 is 0. The third-order valence-corrected chi connectivity index (χ3v) is 5.14. The molecule has 4 aromatic rings. The van der Waals surface area contributed by atoms with E-state index in [-0.39, 0.29) is 0 Å². The fourth-order valence-corrected chi connectivity index (χ4v) is 3.53. The summed E-state index contributed by atoms with van der Waals surface area (Å²) in [4.78, 5) is 20.7. The lowest BCUT2D eigenvalue weighted by Gasteiger charge is -2.20. The zero-order valence-corrected chi connectivity index (χ0v) is 17.9. The van der Waals surface area contributed by atoms with Gasteiger partial charge in [-0.2, -0.15) is 0 Å². The quantitative estimate of drug-likeness (QED) is 0.419. The van der Waals surface area contributed by atoms with Crippen molar-refractivity contribution in [2.45, 2.75) is 0 Å². The number of benzene rings is 2. The number of ether oxygens (including phenoxy) is 2. The highest BCUT2D eigenvalue weighted by Gasteiger charge is 2.22. The smallest absolute Gasteiger partial charge is 0.219 e. The van der Waals surface area contributed by atoms with Crippen LogP contribution in [0.3, 0.4) is 0 Å². The molecular formula is C24H24N4O3. The highest BCUT2D eigenvalue weighted by molar-refractivity contribution is 5.93. The normalized spacial score (nSPS) is 10.7. The van der Waals surface area contributed by atoms with Crippen LogP contribution in [0.5, 0.6) is 11.5 Å². The molecule has 1 amide bonds. The van der Waals surface area contributed by atoms with E-state index in [1.807, 2.05) is 90.3 Å². The van der Waals surface area contributed by atoms with Crippen LogP contribution in [0, 0.1) is 0 Å². The zero-order chi connectivity index (χ0) is 22.0. The minimum absolute atomic E-state index is 0.594. The van der Waals surface area contributed by atoms with E-state index in [1.54, 1.807) is 19.1 Å². The van der Waals surface area contributed by atoms with Gasteiger partial charge in [0.1, 0.15) is 11.3 Å². The molecular weight excluding hydrogens is 392 g/mol. The van der Waals surface area contributed by atoms with Gasteiger partial charge < -0.3 is 14.4 Å². The largest absolute Gasteiger partial charge is 0.493 e. The van der Waals surface area contributed by atoms with Crippen LogP contribution >= 0.6 is 0 Å². The summed E-state index contributed by atoms with van der Waals surface area (Å²) < 4.78 is 12.7. The molecule has 0 saturated heterocycles. The van der Waals surface area contributed by atoms with Gasteiger partial charge in [-0.25, -0.2) is 4.98 Å². The number of carbonyl (C=O) groups excluding carboxylic acids is 1. The Morgan fingerprint density at radius 3 is 2.26 bits per heavy atom. The number of hydrogen-bond acceptors (Lipinski definition) is 5. The van der Waals surface area contributed by atoms with Crippen molar-refractivity contribution < 1.29 is 14.3 Å². The van der Waals surface area contributed by atoms with E-state index < -0.39 is 0 Å². The molecule has 7 heteroatoms. The predicted molar refractivity (Wildman–Crippen MR) is 123 cm³/mol. The Labute approximate surface area is 181 Å². The molecule has 158 valence electrons. The van der Waals surface area contributed by atoms with Gasteiger partial charge in [0.15, 0.2) is 17.3 Å². The number of fused-ring (bicyclic) bond motifs is 1. The molecule has 0 saturated carbocycles. The highest BCUT2D eigenvalue weighted by Crippen LogP contribution is 2.38. The second kappa shape index (κ2) is 8.39. The molecule has 0 fully saturated rings. The predicted octanol–water partition coefficient (Wildman–Crippen LogP) is 4.38. The third kappa shape index (κ3) is 3.66. The lowest BCUT2D eigenvalue weighted by Crippen LogP contribution is -2.17. The molecule has 0 aliphatic carbocycles. The van der Waals surface area contributed by atoms with E-state index in [9.17, 15) is 4.79 Å². The van der Waals surface area contributed by atoms with Crippen LogP contribution in [0.1, 0.15) is 0 Å². The molecule has 2 heterocycles. The van der Waals surface area contributed by atoms with Gasteiger partial charge >= 0.3 is 0 Å². The van der Waals surface area contributed by atoms with E-state index in [4.69, 9.17) is 14.5 Å². The monoisotopic (exact) mass is 416 g/mol. The van der Waals surface area contributed by atoms with E-state index in [2.05, 4.69) is 0 Å². The second-order valence-corrected chi connectivity index (χ2v) is 7.17. The Balaban J connectivity index is 1.91. The van der Waals surface area contributed by atoms with Crippen LogP contribution in [0.4, 0.5) is 17.2 Å². The zero-order valence-electron chi connectivity index (χ0n) is 17.9. The van der Waals surface area contributed by atoms with E-state index in [0.29, 0.717) is 23.0 Å². The van der Waals surface area contributed by atoms with Gasteiger partial charge in [0.2, 0.25) is 6.41 Å². The van der Waals surface area contributed by atoms with Crippen LogP contribution in [0.15, 0.2) is 66.9 Å². The lowest BCUT2D eigenvalue weighted by molar-refractivity contribution is -0.106. The number of aromatic nitrogens is 2. The Bertz CT molecular complexity index is 1220. The van der Waals surface area contributed by atoms with Crippen LogP contribution in [-0.4, -0.2) is 44.1 Å². The van der Waals surface area contributed by atoms with E-state index in [0.717, 1.165) is 29.0 Å². The number of amides is 1. The number of hydrogen-bond donors (Lipinski definition) is 0. The maximum absolute atomic E-state index is 12.3. The lowest BCUT2D eigenvalue weighted by atomic mass is 10.1. The van der Waals surface area contributed by atoms with Crippen molar-refractivity contribution in [2.75, 3.05) is 38.1 Å². The van der Waals surface area contributed by atoms with Gasteiger partial charge in [-0.3, -0.25) is 14.1 Å². The molecule has 7 nitrogen and oxygen atoms in total. The van der Waals surface area contributed by atoms with Crippen molar-refractivity contribution in [3.63, 3.8) is 0 Å². The number of imidazole rings is 1. The minimum atomic E-state index is 0.594. The van der Waals surface area contributed by atoms with Crippen LogP contribution < -0.4 is 19.3 Å². The number of rotatable bonds is 7. The van der Waals surface area contributed by atoms with Gasteiger partial charge in [0.05, 0.1) is 19.9 Å². The summed E-state index contributed by atoms with van der Waals surface area (Å²) in [6.45, 7) is 0. The van der Waals surface area contributed by atoms with E-state index in [1.165, 1.54) is 0 Å². The van der Waals surface area contributed by atoms with Crippen LogP contribution in [-0.2, 0) is 4.79 Å². The molecule has 0 N–H and O–H groups in total.